The molecule has 2 rings (SSSR count). The monoisotopic (exact) mass is 370 g/mol. The number of aromatic nitrogens is 2. The van der Waals surface area contributed by atoms with Crippen molar-refractivity contribution in [1.29, 1.82) is 0 Å². The fraction of sp³-hybridized carbons (Fsp3) is 0.167. The van der Waals surface area contributed by atoms with E-state index >= 15 is 0 Å². The Morgan fingerprint density at radius 1 is 1.17 bits per heavy atom. The van der Waals surface area contributed by atoms with Crippen LogP contribution in [-0.4, -0.2) is 9.97 Å². The van der Waals surface area contributed by atoms with Gasteiger partial charge in [-0.2, -0.15) is 4.98 Å². The fourth-order valence-corrected chi connectivity index (χ4v) is 2.67. The van der Waals surface area contributed by atoms with E-state index in [0.717, 1.165) is 25.8 Å². The lowest BCUT2D eigenvalue weighted by atomic mass is 10.1. The van der Waals surface area contributed by atoms with E-state index in [-0.39, 0.29) is 5.95 Å². The van der Waals surface area contributed by atoms with Gasteiger partial charge in [-0.05, 0) is 53.0 Å². The number of hydrogen-bond acceptors (Lipinski definition) is 4. The first-order valence-corrected chi connectivity index (χ1v) is 6.88. The van der Waals surface area contributed by atoms with Gasteiger partial charge in [0.05, 0.1) is 4.47 Å². The molecule has 0 atom stereocenters. The van der Waals surface area contributed by atoms with E-state index in [1.54, 1.807) is 6.20 Å². The second-order valence-electron chi connectivity index (χ2n) is 3.96. The van der Waals surface area contributed by atoms with E-state index < -0.39 is 0 Å². The third kappa shape index (κ3) is 2.81. The minimum atomic E-state index is 0.244. The summed E-state index contributed by atoms with van der Waals surface area (Å²) < 4.78 is 1.84. The van der Waals surface area contributed by atoms with E-state index in [0.29, 0.717) is 5.82 Å². The molecule has 0 aliphatic rings. The molecule has 1 heterocycles. The van der Waals surface area contributed by atoms with E-state index in [9.17, 15) is 0 Å². The summed E-state index contributed by atoms with van der Waals surface area (Å²) in [7, 11) is 0. The summed E-state index contributed by atoms with van der Waals surface area (Å²) in [6, 6.07) is 4.10. The van der Waals surface area contributed by atoms with Gasteiger partial charge in [0.1, 0.15) is 5.82 Å². The Hall–Kier alpha value is -1.14. The molecular formula is C12H12Br2N4. The van der Waals surface area contributed by atoms with E-state index in [4.69, 9.17) is 5.73 Å². The van der Waals surface area contributed by atoms with Crippen LogP contribution in [0, 0.1) is 13.8 Å². The Morgan fingerprint density at radius 2 is 1.78 bits per heavy atom. The Morgan fingerprint density at radius 3 is 2.39 bits per heavy atom. The molecule has 0 spiro atoms. The van der Waals surface area contributed by atoms with Gasteiger partial charge >= 0.3 is 0 Å². The van der Waals surface area contributed by atoms with Gasteiger partial charge in [0.15, 0.2) is 0 Å². The van der Waals surface area contributed by atoms with Crippen molar-refractivity contribution in [3.05, 3.63) is 38.4 Å². The number of nitrogen functional groups attached to an aromatic ring is 1. The van der Waals surface area contributed by atoms with Crippen molar-refractivity contribution in [2.75, 3.05) is 11.1 Å². The minimum Gasteiger partial charge on any atom is -0.368 e. The third-order valence-electron chi connectivity index (χ3n) is 2.50. The van der Waals surface area contributed by atoms with Crippen LogP contribution in [0.4, 0.5) is 17.5 Å². The molecule has 0 aliphatic heterocycles. The quantitative estimate of drug-likeness (QED) is 0.838. The molecule has 0 saturated carbocycles. The van der Waals surface area contributed by atoms with Crippen LogP contribution < -0.4 is 11.1 Å². The van der Waals surface area contributed by atoms with Gasteiger partial charge in [-0.25, -0.2) is 4.98 Å². The predicted octanol–water partition coefficient (Wildman–Crippen LogP) is 3.94. The summed E-state index contributed by atoms with van der Waals surface area (Å²) in [5.41, 5.74) is 8.88. The second-order valence-corrected chi connectivity index (χ2v) is 5.73. The first-order valence-electron chi connectivity index (χ1n) is 5.29. The molecule has 4 nitrogen and oxygen atoms in total. The molecule has 0 radical (unpaired) electrons. The van der Waals surface area contributed by atoms with Gasteiger partial charge < -0.3 is 11.1 Å². The smallest absolute Gasteiger partial charge is 0.222 e. The summed E-state index contributed by atoms with van der Waals surface area (Å²) >= 11 is 6.88. The number of hydrogen-bond donors (Lipinski definition) is 2. The normalized spacial score (nSPS) is 10.4. The van der Waals surface area contributed by atoms with Gasteiger partial charge in [-0.1, -0.05) is 15.9 Å². The van der Waals surface area contributed by atoms with E-state index in [1.807, 2.05) is 26.0 Å². The standard InChI is InChI=1S/C12H12Br2N4/c1-6-3-8(13)4-7(2)10(6)17-11-9(14)5-16-12(15)18-11/h3-5H,1-2H3,(H3,15,16,17,18). The summed E-state index contributed by atoms with van der Waals surface area (Å²) in [4.78, 5) is 8.08. The number of benzene rings is 1. The van der Waals surface area contributed by atoms with Crippen molar-refractivity contribution < 1.29 is 0 Å². The molecule has 0 aliphatic carbocycles. The zero-order valence-electron chi connectivity index (χ0n) is 9.96. The largest absolute Gasteiger partial charge is 0.368 e. The average molecular weight is 372 g/mol. The van der Waals surface area contributed by atoms with Crippen molar-refractivity contribution in [3.63, 3.8) is 0 Å². The molecule has 0 fully saturated rings. The van der Waals surface area contributed by atoms with E-state index in [2.05, 4.69) is 47.1 Å². The zero-order valence-corrected chi connectivity index (χ0v) is 13.1. The molecule has 2 aromatic rings. The van der Waals surface area contributed by atoms with Crippen LogP contribution in [0.2, 0.25) is 0 Å². The highest BCUT2D eigenvalue weighted by Gasteiger charge is 2.08. The number of aryl methyl sites for hydroxylation is 2. The highest BCUT2D eigenvalue weighted by Crippen LogP contribution is 2.30. The summed E-state index contributed by atoms with van der Waals surface area (Å²) in [5.74, 6) is 0.907. The average Bonchev–Trinajstić information content (AvgIpc) is 2.28. The molecule has 18 heavy (non-hydrogen) atoms. The van der Waals surface area contributed by atoms with Crippen LogP contribution in [0.3, 0.4) is 0 Å². The highest BCUT2D eigenvalue weighted by atomic mass is 79.9. The topological polar surface area (TPSA) is 63.8 Å². The fourth-order valence-electron chi connectivity index (χ4n) is 1.69. The van der Waals surface area contributed by atoms with Crippen LogP contribution in [0.1, 0.15) is 11.1 Å². The first-order chi connectivity index (χ1) is 8.47. The lowest BCUT2D eigenvalue weighted by molar-refractivity contribution is 1.16. The highest BCUT2D eigenvalue weighted by molar-refractivity contribution is 9.10. The molecule has 0 unspecified atom stereocenters. The number of halogens is 2. The number of nitrogens with one attached hydrogen (secondary N) is 1. The number of rotatable bonds is 2. The van der Waals surface area contributed by atoms with Crippen molar-refractivity contribution in [3.8, 4) is 0 Å². The molecule has 0 amide bonds. The van der Waals surface area contributed by atoms with Crippen LogP contribution in [0.5, 0.6) is 0 Å². The lowest BCUT2D eigenvalue weighted by Gasteiger charge is -2.13. The Kier molecular flexibility index (Phi) is 3.87. The minimum absolute atomic E-state index is 0.244. The second kappa shape index (κ2) is 5.24. The Labute approximate surface area is 122 Å². The van der Waals surface area contributed by atoms with Crippen molar-refractivity contribution in [1.82, 2.24) is 9.97 Å². The van der Waals surface area contributed by atoms with Gasteiger partial charge in [0, 0.05) is 16.4 Å². The van der Waals surface area contributed by atoms with Crippen LogP contribution in [0.15, 0.2) is 27.3 Å². The predicted molar refractivity (Wildman–Crippen MR) is 81.0 cm³/mol. The van der Waals surface area contributed by atoms with Crippen LogP contribution in [-0.2, 0) is 0 Å². The van der Waals surface area contributed by atoms with Gasteiger partial charge in [0.2, 0.25) is 5.95 Å². The van der Waals surface area contributed by atoms with Gasteiger partial charge in [-0.3, -0.25) is 0 Å². The van der Waals surface area contributed by atoms with Crippen molar-refractivity contribution in [2.24, 2.45) is 0 Å². The molecule has 0 bridgehead atoms. The Balaban J connectivity index is 2.43. The van der Waals surface area contributed by atoms with Crippen LogP contribution >= 0.6 is 31.9 Å². The Bertz CT molecular complexity index is 576. The molecular weight excluding hydrogens is 360 g/mol. The molecule has 0 saturated heterocycles. The molecule has 6 heteroatoms. The maximum absolute atomic E-state index is 5.59. The van der Waals surface area contributed by atoms with Crippen molar-refractivity contribution in [2.45, 2.75) is 13.8 Å². The first kappa shape index (κ1) is 13.3. The maximum Gasteiger partial charge on any atom is 0.222 e. The van der Waals surface area contributed by atoms with Gasteiger partial charge in [-0.15, -0.1) is 0 Å². The molecule has 1 aromatic carbocycles. The summed E-state index contributed by atoms with van der Waals surface area (Å²) in [6.45, 7) is 4.08. The van der Waals surface area contributed by atoms with E-state index in [1.165, 1.54) is 0 Å². The zero-order chi connectivity index (χ0) is 13.3. The molecule has 94 valence electrons. The van der Waals surface area contributed by atoms with Gasteiger partial charge in [0.25, 0.3) is 0 Å². The molecule has 3 N–H and O–H groups in total. The lowest BCUT2D eigenvalue weighted by Crippen LogP contribution is -2.02. The number of anilines is 3. The SMILES string of the molecule is Cc1cc(Br)cc(C)c1Nc1nc(N)ncc1Br. The summed E-state index contributed by atoms with van der Waals surface area (Å²) in [6.07, 6.45) is 1.63. The van der Waals surface area contributed by atoms with Crippen molar-refractivity contribution >= 4 is 49.3 Å². The number of nitrogens with two attached hydrogens (primary N) is 1. The molecule has 1 aromatic heterocycles. The summed E-state index contributed by atoms with van der Waals surface area (Å²) in [5, 5.41) is 3.28. The van der Waals surface area contributed by atoms with Crippen LogP contribution in [0.25, 0.3) is 0 Å². The maximum atomic E-state index is 5.59. The number of nitrogens with zero attached hydrogens (tertiary/aromatic N) is 2. The third-order valence-corrected chi connectivity index (χ3v) is 3.54.